The molecule has 1 aliphatic carbocycles. The van der Waals surface area contributed by atoms with Gasteiger partial charge in [-0.1, -0.05) is 5.16 Å². The van der Waals surface area contributed by atoms with E-state index in [2.05, 4.69) is 10.1 Å². The predicted molar refractivity (Wildman–Crippen MR) is 86.6 cm³/mol. The van der Waals surface area contributed by atoms with Crippen molar-refractivity contribution in [2.24, 2.45) is 22.9 Å². The number of amides is 1. The number of nitrogens with zero attached hydrogens (tertiary/aromatic N) is 4. The van der Waals surface area contributed by atoms with Crippen LogP contribution in [0.15, 0.2) is 17.7 Å². The van der Waals surface area contributed by atoms with Gasteiger partial charge < -0.3 is 14.3 Å². The number of hydrogen-bond donors (Lipinski definition) is 0. The van der Waals surface area contributed by atoms with Crippen LogP contribution in [0, 0.1) is 17.8 Å². The van der Waals surface area contributed by atoms with Crippen molar-refractivity contribution in [3.8, 4) is 0 Å². The molecule has 9 heteroatoms. The summed E-state index contributed by atoms with van der Waals surface area (Å²) >= 11 is 0. The predicted octanol–water partition coefficient (Wildman–Crippen LogP) is 2.88. The van der Waals surface area contributed by atoms with Crippen LogP contribution >= 0.6 is 0 Å². The highest BCUT2D eigenvalue weighted by Gasteiger charge is 2.60. The van der Waals surface area contributed by atoms with E-state index >= 15 is 0 Å². The molecule has 0 N–H and O–H groups in total. The van der Waals surface area contributed by atoms with E-state index in [1.165, 1.54) is 6.20 Å². The first-order valence-electron chi connectivity index (χ1n) is 8.71. The van der Waals surface area contributed by atoms with Crippen molar-refractivity contribution in [1.29, 1.82) is 0 Å². The van der Waals surface area contributed by atoms with Gasteiger partial charge in [-0.25, -0.2) is 4.98 Å². The molecule has 2 aliphatic heterocycles. The maximum absolute atomic E-state index is 12.8. The van der Waals surface area contributed by atoms with Crippen molar-refractivity contribution in [1.82, 2.24) is 14.5 Å². The van der Waals surface area contributed by atoms with Crippen molar-refractivity contribution < 1.29 is 22.8 Å². The SMILES string of the molecule is CC(n1cnc(C(=O)N2C[C@@H]3C(C4=NOC(C)(C)C4)[C@@H]3C2)c1)C(F)(F)F. The molecule has 1 amide bonds. The number of aromatic nitrogens is 2. The van der Waals surface area contributed by atoms with Crippen LogP contribution in [-0.4, -0.2) is 50.9 Å². The Labute approximate surface area is 149 Å². The van der Waals surface area contributed by atoms with E-state index in [1.54, 1.807) is 4.90 Å². The lowest BCUT2D eigenvalue weighted by Crippen LogP contribution is -2.33. The second-order valence-electron chi connectivity index (χ2n) is 8.10. The third kappa shape index (κ3) is 2.87. The summed E-state index contributed by atoms with van der Waals surface area (Å²) < 4.78 is 39.3. The first-order valence-corrected chi connectivity index (χ1v) is 8.71. The van der Waals surface area contributed by atoms with Gasteiger partial charge >= 0.3 is 6.18 Å². The smallest absolute Gasteiger partial charge is 0.389 e. The molecule has 1 aromatic heterocycles. The number of hydrogen-bond acceptors (Lipinski definition) is 4. The molecular formula is C17H21F3N4O2. The molecule has 2 unspecified atom stereocenters. The van der Waals surface area contributed by atoms with Crippen LogP contribution in [0.1, 0.15) is 43.7 Å². The summed E-state index contributed by atoms with van der Waals surface area (Å²) in [7, 11) is 0. The molecule has 4 atom stereocenters. The molecule has 1 saturated heterocycles. The summed E-state index contributed by atoms with van der Waals surface area (Å²) in [5.41, 5.74) is 0.867. The molecule has 2 fully saturated rings. The van der Waals surface area contributed by atoms with Gasteiger partial charge in [-0.2, -0.15) is 13.2 Å². The fourth-order valence-corrected chi connectivity index (χ4v) is 4.04. The molecule has 3 heterocycles. The van der Waals surface area contributed by atoms with Gasteiger partial charge in [0.1, 0.15) is 17.3 Å². The zero-order valence-corrected chi connectivity index (χ0v) is 14.8. The standard InChI is InChI=1S/C17H21F3N4O2/c1-9(17(18,19)20)24-7-13(21-8-24)15(25)23-5-10-11(6-23)14(10)12-4-16(2,3)26-22-12/h7-11,14H,4-6H2,1-3H3/t9?,10-,11+,14?. The Kier molecular flexibility index (Phi) is 3.65. The lowest BCUT2D eigenvalue weighted by Gasteiger charge is -2.19. The van der Waals surface area contributed by atoms with Gasteiger partial charge in [0.15, 0.2) is 0 Å². The number of imidazole rings is 1. The number of alkyl halides is 3. The number of fused-ring (bicyclic) bond motifs is 1. The van der Waals surface area contributed by atoms with E-state index < -0.39 is 12.2 Å². The molecule has 0 radical (unpaired) electrons. The minimum Gasteiger partial charge on any atom is -0.389 e. The Morgan fingerprint density at radius 3 is 2.54 bits per heavy atom. The van der Waals surface area contributed by atoms with Crippen LogP contribution in [0.25, 0.3) is 0 Å². The monoisotopic (exact) mass is 370 g/mol. The summed E-state index contributed by atoms with van der Waals surface area (Å²) in [6.45, 7) is 6.22. The number of oxime groups is 1. The molecule has 1 aromatic rings. The van der Waals surface area contributed by atoms with Gasteiger partial charge in [0.25, 0.3) is 5.91 Å². The van der Waals surface area contributed by atoms with Crippen molar-refractivity contribution in [2.75, 3.05) is 13.1 Å². The van der Waals surface area contributed by atoms with E-state index in [0.29, 0.717) is 30.8 Å². The highest BCUT2D eigenvalue weighted by Crippen LogP contribution is 2.54. The van der Waals surface area contributed by atoms with E-state index in [4.69, 9.17) is 4.84 Å². The van der Waals surface area contributed by atoms with Gasteiger partial charge in [0.05, 0.1) is 12.0 Å². The first kappa shape index (κ1) is 17.4. The summed E-state index contributed by atoms with van der Waals surface area (Å²) in [5.74, 6) is 0.787. The van der Waals surface area contributed by atoms with Crippen LogP contribution < -0.4 is 0 Å². The average molecular weight is 370 g/mol. The largest absolute Gasteiger partial charge is 0.408 e. The average Bonchev–Trinajstić information content (AvgIpc) is 3.00. The molecule has 0 aromatic carbocycles. The third-order valence-electron chi connectivity index (χ3n) is 5.62. The summed E-state index contributed by atoms with van der Waals surface area (Å²) in [4.78, 5) is 23.5. The molecule has 4 rings (SSSR count). The maximum atomic E-state index is 12.8. The number of likely N-dealkylation sites (tertiary alicyclic amines) is 1. The number of rotatable bonds is 3. The molecule has 142 valence electrons. The first-order chi connectivity index (χ1) is 12.1. The number of piperidine rings is 1. The zero-order chi connectivity index (χ0) is 18.9. The lowest BCUT2D eigenvalue weighted by atomic mass is 9.98. The Morgan fingerprint density at radius 1 is 1.35 bits per heavy atom. The molecular weight excluding hydrogens is 349 g/mol. The fraction of sp³-hybridized carbons (Fsp3) is 0.706. The van der Waals surface area contributed by atoms with Crippen LogP contribution in [0.4, 0.5) is 13.2 Å². The zero-order valence-electron chi connectivity index (χ0n) is 14.8. The third-order valence-corrected chi connectivity index (χ3v) is 5.62. The van der Waals surface area contributed by atoms with Crippen molar-refractivity contribution in [2.45, 2.75) is 45.0 Å². The Hall–Kier alpha value is -2.06. The Bertz CT molecular complexity index is 758. The van der Waals surface area contributed by atoms with Gasteiger partial charge in [0.2, 0.25) is 0 Å². The van der Waals surface area contributed by atoms with Crippen LogP contribution in [0.5, 0.6) is 0 Å². The summed E-state index contributed by atoms with van der Waals surface area (Å²) in [6, 6.07) is -1.71. The van der Waals surface area contributed by atoms with Crippen LogP contribution in [0.3, 0.4) is 0 Å². The molecule has 6 nitrogen and oxygen atoms in total. The quantitative estimate of drug-likeness (QED) is 0.822. The van der Waals surface area contributed by atoms with E-state index in [1.807, 2.05) is 13.8 Å². The summed E-state index contributed by atoms with van der Waals surface area (Å²) in [5, 5.41) is 4.20. The van der Waals surface area contributed by atoms with Crippen LogP contribution in [-0.2, 0) is 4.84 Å². The molecule has 3 aliphatic rings. The number of carbonyl (C=O) groups is 1. The number of carbonyl (C=O) groups excluding carboxylic acids is 1. The number of halogens is 3. The van der Waals surface area contributed by atoms with Gasteiger partial charge in [-0.05, 0) is 32.6 Å². The second kappa shape index (κ2) is 5.47. The highest BCUT2D eigenvalue weighted by molar-refractivity contribution is 5.94. The second-order valence-corrected chi connectivity index (χ2v) is 8.10. The molecule has 0 bridgehead atoms. The normalized spacial score (nSPS) is 30.6. The Morgan fingerprint density at radius 2 is 2.00 bits per heavy atom. The van der Waals surface area contributed by atoms with E-state index in [-0.39, 0.29) is 17.2 Å². The maximum Gasteiger partial charge on any atom is 0.408 e. The minimum atomic E-state index is -4.37. The van der Waals surface area contributed by atoms with Gasteiger partial charge in [0, 0.05) is 31.6 Å². The lowest BCUT2D eigenvalue weighted by molar-refractivity contribution is -0.163. The topological polar surface area (TPSA) is 59.7 Å². The fourth-order valence-electron chi connectivity index (χ4n) is 4.04. The van der Waals surface area contributed by atoms with Crippen molar-refractivity contribution in [3.63, 3.8) is 0 Å². The van der Waals surface area contributed by atoms with E-state index in [0.717, 1.165) is 30.0 Å². The van der Waals surface area contributed by atoms with Gasteiger partial charge in [-0.15, -0.1) is 0 Å². The van der Waals surface area contributed by atoms with E-state index in [9.17, 15) is 18.0 Å². The van der Waals surface area contributed by atoms with Crippen LogP contribution in [0.2, 0.25) is 0 Å². The minimum absolute atomic E-state index is 0.0571. The molecule has 26 heavy (non-hydrogen) atoms. The highest BCUT2D eigenvalue weighted by atomic mass is 19.4. The van der Waals surface area contributed by atoms with Crippen molar-refractivity contribution in [3.05, 3.63) is 18.2 Å². The van der Waals surface area contributed by atoms with Gasteiger partial charge in [-0.3, -0.25) is 4.79 Å². The molecule has 1 saturated carbocycles. The molecule has 0 spiro atoms. The van der Waals surface area contributed by atoms with Crippen molar-refractivity contribution >= 4 is 11.6 Å². The summed E-state index contributed by atoms with van der Waals surface area (Å²) in [6.07, 6.45) is -1.32. The Balaban J connectivity index is 1.37.